The minimum Gasteiger partial charge on any atom is -0.464 e. The fourth-order valence-corrected chi connectivity index (χ4v) is 2.04. The molecule has 1 heterocycles. The van der Waals surface area contributed by atoms with Gasteiger partial charge in [0.25, 0.3) is 0 Å². The number of aromatic nitrogens is 2. The number of benzene rings is 1. The molecule has 122 valence electrons. The molecule has 6 nitrogen and oxygen atoms in total. The van der Waals surface area contributed by atoms with Gasteiger partial charge in [-0.3, -0.25) is 0 Å². The second kappa shape index (κ2) is 8.24. The topological polar surface area (TPSA) is 87.3 Å². The molecule has 0 bridgehead atoms. The van der Waals surface area contributed by atoms with Gasteiger partial charge in [-0.25, -0.2) is 14.8 Å². The number of carbonyl (C=O) groups is 1. The lowest BCUT2D eigenvalue weighted by Gasteiger charge is -2.08. The van der Waals surface area contributed by atoms with Crippen molar-refractivity contribution in [3.63, 3.8) is 0 Å². The maximum Gasteiger partial charge on any atom is 0.360 e. The number of nitrogen functional groups attached to an aromatic ring is 1. The molecule has 2 N–H and O–H groups in total. The summed E-state index contributed by atoms with van der Waals surface area (Å²) in [4.78, 5) is 19.9. The van der Waals surface area contributed by atoms with E-state index in [9.17, 15) is 4.79 Å². The molecule has 2 rings (SSSR count). The SMILES string of the molecule is CCCCOCc1cccc(-c2cnc(N)c(C(=O)OC)n2)c1. The molecule has 0 radical (unpaired) electrons. The van der Waals surface area contributed by atoms with Crippen LogP contribution >= 0.6 is 0 Å². The van der Waals surface area contributed by atoms with Crippen molar-refractivity contribution in [2.24, 2.45) is 0 Å². The van der Waals surface area contributed by atoms with E-state index in [1.54, 1.807) is 6.20 Å². The van der Waals surface area contributed by atoms with Crippen LogP contribution in [0.4, 0.5) is 5.82 Å². The minimum atomic E-state index is -0.601. The number of esters is 1. The minimum absolute atomic E-state index is 0.0228. The second-order valence-electron chi connectivity index (χ2n) is 5.09. The zero-order valence-electron chi connectivity index (χ0n) is 13.4. The molecule has 6 heteroatoms. The lowest BCUT2D eigenvalue weighted by Crippen LogP contribution is -2.10. The largest absolute Gasteiger partial charge is 0.464 e. The smallest absolute Gasteiger partial charge is 0.360 e. The summed E-state index contributed by atoms with van der Waals surface area (Å²) >= 11 is 0. The maximum atomic E-state index is 11.7. The third-order valence-corrected chi connectivity index (χ3v) is 3.31. The van der Waals surface area contributed by atoms with Crippen LogP contribution in [0, 0.1) is 0 Å². The van der Waals surface area contributed by atoms with Crippen LogP contribution in [0.1, 0.15) is 35.8 Å². The van der Waals surface area contributed by atoms with Crippen LogP contribution in [0.25, 0.3) is 11.3 Å². The van der Waals surface area contributed by atoms with E-state index >= 15 is 0 Å². The Balaban J connectivity index is 2.20. The van der Waals surface area contributed by atoms with Crippen LogP contribution in [-0.4, -0.2) is 29.7 Å². The quantitative estimate of drug-likeness (QED) is 0.624. The van der Waals surface area contributed by atoms with Crippen molar-refractivity contribution >= 4 is 11.8 Å². The summed E-state index contributed by atoms with van der Waals surface area (Å²) in [5.74, 6) is -0.546. The fourth-order valence-electron chi connectivity index (χ4n) is 2.04. The number of hydrogen-bond donors (Lipinski definition) is 1. The van der Waals surface area contributed by atoms with Crippen molar-refractivity contribution in [3.05, 3.63) is 41.7 Å². The van der Waals surface area contributed by atoms with E-state index in [2.05, 4.69) is 21.6 Å². The number of anilines is 1. The third-order valence-electron chi connectivity index (χ3n) is 3.31. The molecule has 0 unspecified atom stereocenters. The summed E-state index contributed by atoms with van der Waals surface area (Å²) in [6.07, 6.45) is 3.70. The first kappa shape index (κ1) is 16.9. The molecule has 0 spiro atoms. The molecule has 0 atom stereocenters. The normalized spacial score (nSPS) is 10.5. The molecule has 0 aliphatic heterocycles. The molecule has 0 saturated heterocycles. The summed E-state index contributed by atoms with van der Waals surface area (Å²) in [7, 11) is 1.28. The standard InChI is InChI=1S/C17H21N3O3/c1-3-4-8-23-11-12-6-5-7-13(9-12)14-10-19-16(18)15(20-14)17(21)22-2/h5-7,9-10H,3-4,8,11H2,1-2H3,(H2,18,19). The number of ether oxygens (including phenoxy) is 2. The molecule has 0 amide bonds. The highest BCUT2D eigenvalue weighted by molar-refractivity contribution is 5.92. The van der Waals surface area contributed by atoms with Gasteiger partial charge < -0.3 is 15.2 Å². The van der Waals surface area contributed by atoms with E-state index < -0.39 is 5.97 Å². The predicted molar refractivity (Wildman–Crippen MR) is 87.8 cm³/mol. The Kier molecular flexibility index (Phi) is 6.05. The van der Waals surface area contributed by atoms with Gasteiger partial charge in [0, 0.05) is 12.2 Å². The summed E-state index contributed by atoms with van der Waals surface area (Å²) < 4.78 is 10.3. The van der Waals surface area contributed by atoms with E-state index in [1.807, 2.05) is 24.3 Å². The van der Waals surface area contributed by atoms with E-state index in [0.717, 1.165) is 30.6 Å². The first-order valence-electron chi connectivity index (χ1n) is 7.53. The first-order valence-corrected chi connectivity index (χ1v) is 7.53. The van der Waals surface area contributed by atoms with Gasteiger partial charge in [-0.2, -0.15) is 0 Å². The zero-order chi connectivity index (χ0) is 16.7. The van der Waals surface area contributed by atoms with Gasteiger partial charge >= 0.3 is 5.97 Å². The molecule has 23 heavy (non-hydrogen) atoms. The Morgan fingerprint density at radius 3 is 2.91 bits per heavy atom. The Hall–Kier alpha value is -2.47. The van der Waals surface area contributed by atoms with E-state index in [-0.39, 0.29) is 11.5 Å². The average molecular weight is 315 g/mol. The van der Waals surface area contributed by atoms with Gasteiger partial charge in [-0.1, -0.05) is 31.5 Å². The van der Waals surface area contributed by atoms with Crippen LogP contribution in [0.3, 0.4) is 0 Å². The van der Waals surface area contributed by atoms with Crippen LogP contribution in [0.5, 0.6) is 0 Å². The number of carbonyl (C=O) groups excluding carboxylic acids is 1. The zero-order valence-corrected chi connectivity index (χ0v) is 13.4. The molecule has 2 aromatic rings. The van der Waals surface area contributed by atoms with Crippen molar-refractivity contribution in [2.45, 2.75) is 26.4 Å². The van der Waals surface area contributed by atoms with Crippen molar-refractivity contribution in [3.8, 4) is 11.3 Å². The number of methoxy groups -OCH3 is 1. The van der Waals surface area contributed by atoms with Gasteiger partial charge in [0.05, 0.1) is 25.6 Å². The fraction of sp³-hybridized carbons (Fsp3) is 0.353. The Labute approximate surface area is 135 Å². The third kappa shape index (κ3) is 4.50. The average Bonchev–Trinajstić information content (AvgIpc) is 2.59. The first-order chi connectivity index (χ1) is 11.2. The number of rotatable bonds is 7. The Bertz CT molecular complexity index is 674. The highest BCUT2D eigenvalue weighted by Gasteiger charge is 2.15. The highest BCUT2D eigenvalue weighted by atomic mass is 16.5. The molecule has 1 aromatic carbocycles. The second-order valence-corrected chi connectivity index (χ2v) is 5.09. The molecular formula is C17H21N3O3. The van der Waals surface area contributed by atoms with E-state index in [4.69, 9.17) is 10.5 Å². The predicted octanol–water partition coefficient (Wildman–Crippen LogP) is 2.83. The summed E-state index contributed by atoms with van der Waals surface area (Å²) in [6, 6.07) is 7.77. The van der Waals surface area contributed by atoms with Crippen molar-refractivity contribution in [1.29, 1.82) is 0 Å². The monoisotopic (exact) mass is 315 g/mol. The van der Waals surface area contributed by atoms with Gasteiger partial charge in [0.15, 0.2) is 11.5 Å². The molecule has 0 saturated carbocycles. The molecular weight excluding hydrogens is 294 g/mol. The van der Waals surface area contributed by atoms with Crippen molar-refractivity contribution in [1.82, 2.24) is 9.97 Å². The molecule has 1 aromatic heterocycles. The summed E-state index contributed by atoms with van der Waals surface area (Å²) in [6.45, 7) is 3.41. The molecule has 0 aliphatic carbocycles. The lowest BCUT2D eigenvalue weighted by molar-refractivity contribution is 0.0595. The van der Waals surface area contributed by atoms with Crippen molar-refractivity contribution < 1.29 is 14.3 Å². The van der Waals surface area contributed by atoms with Crippen LogP contribution in [0.15, 0.2) is 30.5 Å². The van der Waals surface area contributed by atoms with E-state index in [1.165, 1.54) is 7.11 Å². The number of nitrogens with two attached hydrogens (primary N) is 1. The molecule has 0 fully saturated rings. The Morgan fingerprint density at radius 2 is 2.17 bits per heavy atom. The summed E-state index contributed by atoms with van der Waals surface area (Å²) in [5.41, 5.74) is 8.15. The van der Waals surface area contributed by atoms with Crippen LogP contribution < -0.4 is 5.73 Å². The maximum absolute atomic E-state index is 11.7. The van der Waals surface area contributed by atoms with Gasteiger partial charge in [-0.15, -0.1) is 0 Å². The highest BCUT2D eigenvalue weighted by Crippen LogP contribution is 2.20. The summed E-state index contributed by atoms with van der Waals surface area (Å²) in [5, 5.41) is 0. The van der Waals surface area contributed by atoms with Gasteiger partial charge in [0.2, 0.25) is 0 Å². The van der Waals surface area contributed by atoms with Gasteiger partial charge in [-0.05, 0) is 18.1 Å². The van der Waals surface area contributed by atoms with E-state index in [0.29, 0.717) is 12.3 Å². The van der Waals surface area contributed by atoms with Crippen LogP contribution in [-0.2, 0) is 16.1 Å². The number of unbranched alkanes of at least 4 members (excludes halogenated alkanes) is 1. The molecule has 0 aliphatic rings. The van der Waals surface area contributed by atoms with Crippen molar-refractivity contribution in [2.75, 3.05) is 19.5 Å². The number of nitrogens with zero attached hydrogens (tertiary/aromatic N) is 2. The number of hydrogen-bond acceptors (Lipinski definition) is 6. The van der Waals surface area contributed by atoms with Gasteiger partial charge in [0.1, 0.15) is 0 Å². The lowest BCUT2D eigenvalue weighted by atomic mass is 10.1. The Morgan fingerprint density at radius 1 is 1.35 bits per heavy atom. The van der Waals surface area contributed by atoms with Crippen LogP contribution in [0.2, 0.25) is 0 Å².